The molecule has 0 saturated carbocycles. The average Bonchev–Trinajstić information content (AvgIpc) is 2.10. The smallest absolute Gasteiger partial charge is 0.256 e. The zero-order valence-corrected chi connectivity index (χ0v) is 8.77. The van der Waals surface area contributed by atoms with Crippen LogP contribution in [-0.4, -0.2) is 4.98 Å². The second-order valence-electron chi connectivity index (χ2n) is 3.43. The molecule has 1 aromatic carbocycles. The van der Waals surface area contributed by atoms with Gasteiger partial charge in [0.2, 0.25) is 0 Å². The number of hydrogen-bond acceptors (Lipinski definition) is 1. The molecule has 14 heavy (non-hydrogen) atoms. The summed E-state index contributed by atoms with van der Waals surface area (Å²) in [6.07, 6.45) is 0. The molecule has 0 aliphatic rings. The maximum Gasteiger partial charge on any atom is 0.256 e. The number of H-pyrrole nitrogens is 1. The summed E-state index contributed by atoms with van der Waals surface area (Å²) in [5.41, 5.74) is 1.71. The molecule has 2 rings (SSSR count). The quantitative estimate of drug-likeness (QED) is 0.708. The third kappa shape index (κ3) is 1.32. The summed E-state index contributed by atoms with van der Waals surface area (Å²) in [5, 5.41) is 2.14. The molecular weight excluding hydrogens is 198 g/mol. The second kappa shape index (κ2) is 3.14. The number of aryl methyl sites for hydroxylation is 2. The highest BCUT2D eigenvalue weighted by molar-refractivity contribution is 6.35. The molecule has 3 heteroatoms. The Labute approximate surface area is 86.5 Å². The van der Waals surface area contributed by atoms with Crippen molar-refractivity contribution in [2.75, 3.05) is 0 Å². The third-order valence-corrected chi connectivity index (χ3v) is 2.63. The standard InChI is InChI=1S/C11H10ClNO/c1-6-3-4-9(12)8-5-7(2)13-11(14)10(6)8/h3-5H,1-2H3,(H,13,14). The van der Waals surface area contributed by atoms with E-state index in [4.69, 9.17) is 11.6 Å². The van der Waals surface area contributed by atoms with E-state index >= 15 is 0 Å². The minimum atomic E-state index is -0.0694. The van der Waals surface area contributed by atoms with Crippen LogP contribution in [0.2, 0.25) is 5.02 Å². The van der Waals surface area contributed by atoms with E-state index in [0.717, 1.165) is 16.6 Å². The Balaban J connectivity index is 3.08. The SMILES string of the molecule is Cc1cc2c(Cl)ccc(C)c2c(=O)[nH]1. The molecule has 0 aliphatic carbocycles. The summed E-state index contributed by atoms with van der Waals surface area (Å²) >= 11 is 6.02. The summed E-state index contributed by atoms with van der Waals surface area (Å²) < 4.78 is 0. The summed E-state index contributed by atoms with van der Waals surface area (Å²) in [6.45, 7) is 3.75. The Bertz CT molecular complexity index is 557. The van der Waals surface area contributed by atoms with Crippen LogP contribution in [0.5, 0.6) is 0 Å². The fourth-order valence-electron chi connectivity index (χ4n) is 1.64. The van der Waals surface area contributed by atoms with Crippen molar-refractivity contribution < 1.29 is 0 Å². The number of pyridine rings is 1. The van der Waals surface area contributed by atoms with E-state index in [2.05, 4.69) is 4.98 Å². The van der Waals surface area contributed by atoms with E-state index in [9.17, 15) is 4.79 Å². The van der Waals surface area contributed by atoms with Crippen molar-refractivity contribution in [1.82, 2.24) is 4.98 Å². The third-order valence-electron chi connectivity index (χ3n) is 2.30. The monoisotopic (exact) mass is 207 g/mol. The van der Waals surface area contributed by atoms with Crippen molar-refractivity contribution in [3.63, 3.8) is 0 Å². The van der Waals surface area contributed by atoms with E-state index < -0.39 is 0 Å². The van der Waals surface area contributed by atoms with Crippen molar-refractivity contribution in [2.24, 2.45) is 0 Å². The minimum Gasteiger partial charge on any atom is -0.326 e. The first-order valence-electron chi connectivity index (χ1n) is 4.38. The second-order valence-corrected chi connectivity index (χ2v) is 3.84. The van der Waals surface area contributed by atoms with Gasteiger partial charge < -0.3 is 4.98 Å². The van der Waals surface area contributed by atoms with Gasteiger partial charge in [0.1, 0.15) is 0 Å². The average molecular weight is 208 g/mol. The molecule has 0 radical (unpaired) electrons. The Morgan fingerprint density at radius 1 is 1.29 bits per heavy atom. The number of hydrogen-bond donors (Lipinski definition) is 1. The first-order valence-corrected chi connectivity index (χ1v) is 4.76. The van der Waals surface area contributed by atoms with Crippen molar-refractivity contribution in [1.29, 1.82) is 0 Å². The van der Waals surface area contributed by atoms with Crippen LogP contribution in [0, 0.1) is 13.8 Å². The molecule has 72 valence electrons. The van der Waals surface area contributed by atoms with Crippen LogP contribution in [0.15, 0.2) is 23.0 Å². The highest BCUT2D eigenvalue weighted by Gasteiger charge is 2.05. The number of fused-ring (bicyclic) bond motifs is 1. The normalized spacial score (nSPS) is 10.8. The molecule has 0 amide bonds. The van der Waals surface area contributed by atoms with Crippen LogP contribution in [-0.2, 0) is 0 Å². The van der Waals surface area contributed by atoms with Gasteiger partial charge in [0.05, 0.1) is 5.39 Å². The topological polar surface area (TPSA) is 32.9 Å². The Kier molecular flexibility index (Phi) is 2.08. The lowest BCUT2D eigenvalue weighted by Gasteiger charge is -2.04. The van der Waals surface area contributed by atoms with Crippen LogP contribution < -0.4 is 5.56 Å². The molecular formula is C11H10ClNO. The van der Waals surface area contributed by atoms with Crippen molar-refractivity contribution >= 4 is 22.4 Å². The fourth-order valence-corrected chi connectivity index (χ4v) is 1.85. The summed E-state index contributed by atoms with van der Waals surface area (Å²) in [4.78, 5) is 14.4. The van der Waals surface area contributed by atoms with Gasteiger partial charge in [-0.3, -0.25) is 4.79 Å². The van der Waals surface area contributed by atoms with Gasteiger partial charge in [-0.25, -0.2) is 0 Å². The molecule has 0 atom stereocenters. The maximum absolute atomic E-state index is 11.7. The fraction of sp³-hybridized carbons (Fsp3) is 0.182. The lowest BCUT2D eigenvalue weighted by atomic mass is 10.1. The van der Waals surface area contributed by atoms with Crippen molar-refractivity contribution in [2.45, 2.75) is 13.8 Å². The summed E-state index contributed by atoms with van der Waals surface area (Å²) in [5.74, 6) is 0. The van der Waals surface area contributed by atoms with Crippen molar-refractivity contribution in [3.05, 3.63) is 44.8 Å². The molecule has 0 aliphatic heterocycles. The van der Waals surface area contributed by atoms with Gasteiger partial charge >= 0.3 is 0 Å². The van der Waals surface area contributed by atoms with Gasteiger partial charge in [-0.05, 0) is 31.5 Å². The van der Waals surface area contributed by atoms with Crippen LogP contribution in [0.3, 0.4) is 0 Å². The number of nitrogens with one attached hydrogen (secondary N) is 1. The molecule has 1 N–H and O–H groups in total. The molecule has 0 unspecified atom stereocenters. The Morgan fingerprint density at radius 3 is 2.71 bits per heavy atom. The van der Waals surface area contributed by atoms with Crippen LogP contribution in [0.4, 0.5) is 0 Å². The number of rotatable bonds is 0. The van der Waals surface area contributed by atoms with E-state index in [0.29, 0.717) is 10.4 Å². The van der Waals surface area contributed by atoms with Gasteiger partial charge in [-0.15, -0.1) is 0 Å². The van der Waals surface area contributed by atoms with Crippen LogP contribution in [0.1, 0.15) is 11.3 Å². The lowest BCUT2D eigenvalue weighted by Crippen LogP contribution is -2.08. The molecule has 2 nitrogen and oxygen atoms in total. The predicted molar refractivity (Wildman–Crippen MR) is 59.1 cm³/mol. The van der Waals surface area contributed by atoms with Crippen LogP contribution in [0.25, 0.3) is 10.8 Å². The summed E-state index contributed by atoms with van der Waals surface area (Å²) in [7, 11) is 0. The molecule has 0 saturated heterocycles. The van der Waals surface area contributed by atoms with E-state index in [-0.39, 0.29) is 5.56 Å². The number of halogens is 1. The zero-order valence-electron chi connectivity index (χ0n) is 8.02. The molecule has 1 aromatic heterocycles. The van der Waals surface area contributed by atoms with Gasteiger partial charge in [0.25, 0.3) is 5.56 Å². The molecule has 0 bridgehead atoms. The molecule has 0 spiro atoms. The van der Waals surface area contributed by atoms with Gasteiger partial charge in [0.15, 0.2) is 0 Å². The lowest BCUT2D eigenvalue weighted by molar-refractivity contribution is 1.17. The molecule has 1 heterocycles. The highest BCUT2D eigenvalue weighted by Crippen LogP contribution is 2.23. The van der Waals surface area contributed by atoms with Gasteiger partial charge in [-0.2, -0.15) is 0 Å². The largest absolute Gasteiger partial charge is 0.326 e. The van der Waals surface area contributed by atoms with E-state index in [1.807, 2.05) is 32.0 Å². The highest BCUT2D eigenvalue weighted by atomic mass is 35.5. The number of aromatic amines is 1. The van der Waals surface area contributed by atoms with Crippen LogP contribution >= 0.6 is 11.6 Å². The van der Waals surface area contributed by atoms with E-state index in [1.54, 1.807) is 0 Å². The predicted octanol–water partition coefficient (Wildman–Crippen LogP) is 2.80. The minimum absolute atomic E-state index is 0.0694. The maximum atomic E-state index is 11.7. The molecule has 0 fully saturated rings. The first-order chi connectivity index (χ1) is 6.59. The van der Waals surface area contributed by atoms with Gasteiger partial charge in [0, 0.05) is 16.1 Å². The first kappa shape index (κ1) is 9.28. The number of aromatic nitrogens is 1. The van der Waals surface area contributed by atoms with Crippen molar-refractivity contribution in [3.8, 4) is 0 Å². The number of benzene rings is 1. The Hall–Kier alpha value is -1.28. The summed E-state index contributed by atoms with van der Waals surface area (Å²) in [6, 6.07) is 5.57. The molecule has 2 aromatic rings. The van der Waals surface area contributed by atoms with Gasteiger partial charge in [-0.1, -0.05) is 17.7 Å². The zero-order chi connectivity index (χ0) is 10.3. The Morgan fingerprint density at radius 2 is 2.00 bits per heavy atom. The van der Waals surface area contributed by atoms with E-state index in [1.165, 1.54) is 0 Å².